The van der Waals surface area contributed by atoms with Crippen LogP contribution in [0, 0.1) is 0 Å². The van der Waals surface area contributed by atoms with E-state index >= 15 is 0 Å². The Kier molecular flexibility index (Phi) is 7.98. The maximum atomic E-state index is 14.2. The summed E-state index contributed by atoms with van der Waals surface area (Å²) in [6, 6.07) is 47.3. The quantitative estimate of drug-likeness (QED) is 0.191. The molecule has 1 aliphatic heterocycles. The number of nitrogens with zero attached hydrogens (tertiary/aromatic N) is 1. The van der Waals surface area contributed by atoms with Crippen molar-refractivity contribution in [1.29, 1.82) is 0 Å². The van der Waals surface area contributed by atoms with E-state index in [1.807, 2.05) is 48.5 Å². The first-order valence-corrected chi connectivity index (χ1v) is 17.2. The van der Waals surface area contributed by atoms with E-state index in [1.165, 1.54) is 15.9 Å². The number of hydrogen-bond donors (Lipinski definition) is 0. The van der Waals surface area contributed by atoms with E-state index in [-0.39, 0.29) is 11.2 Å². The number of ether oxygens (including phenoxy) is 2. The molecule has 0 radical (unpaired) electrons. The van der Waals surface area contributed by atoms with E-state index in [9.17, 15) is 4.79 Å². The monoisotopic (exact) mass is 599 g/mol. The fourth-order valence-corrected chi connectivity index (χ4v) is 10.3. The minimum absolute atomic E-state index is 0.170. The first-order chi connectivity index (χ1) is 21.7. The molecule has 0 unspecified atom stereocenters. The molecule has 44 heavy (non-hydrogen) atoms. The van der Waals surface area contributed by atoms with Gasteiger partial charge < -0.3 is 0 Å². The van der Waals surface area contributed by atoms with Crippen molar-refractivity contribution in [3.8, 4) is 17.1 Å². The van der Waals surface area contributed by atoms with Gasteiger partial charge in [0.1, 0.15) is 0 Å². The van der Waals surface area contributed by atoms with Gasteiger partial charge in [0, 0.05) is 0 Å². The van der Waals surface area contributed by atoms with Crippen LogP contribution in [0.4, 0.5) is 5.69 Å². The van der Waals surface area contributed by atoms with Crippen LogP contribution in [-0.4, -0.2) is 32.7 Å². The van der Waals surface area contributed by atoms with Crippen LogP contribution in [0.2, 0.25) is 0 Å². The summed E-state index contributed by atoms with van der Waals surface area (Å²) < 4.78 is 18.8. The number of hydrogen-bond acceptors (Lipinski definition) is 5. The number of anilines is 1. The zero-order valence-corrected chi connectivity index (χ0v) is 25.4. The Morgan fingerprint density at radius 1 is 0.636 bits per heavy atom. The molecular formula is C38H34NO4P. The van der Waals surface area contributed by atoms with E-state index in [1.54, 1.807) is 6.07 Å². The third-order valence-electron chi connectivity index (χ3n) is 8.49. The molecule has 5 aromatic carbocycles. The van der Waals surface area contributed by atoms with Gasteiger partial charge in [-0.2, -0.15) is 0 Å². The zero-order valence-electron chi connectivity index (χ0n) is 24.4. The van der Waals surface area contributed by atoms with E-state index < -0.39 is 7.26 Å². The number of benzene rings is 5. The van der Waals surface area contributed by atoms with E-state index in [2.05, 4.69) is 89.8 Å². The summed E-state index contributed by atoms with van der Waals surface area (Å²) in [6.45, 7) is 3.14. The Morgan fingerprint density at radius 2 is 1.16 bits per heavy atom. The second-order valence-corrected chi connectivity index (χ2v) is 14.9. The van der Waals surface area contributed by atoms with Crippen LogP contribution in [0.15, 0.2) is 149 Å². The van der Waals surface area contributed by atoms with E-state index in [0.29, 0.717) is 23.1 Å². The van der Waals surface area contributed by atoms with Gasteiger partial charge in [-0.25, -0.2) is 0 Å². The Hall–Kier alpha value is -4.70. The molecule has 0 spiro atoms. The molecule has 1 aliphatic rings. The molecule has 1 fully saturated rings. The molecule has 7 rings (SSSR count). The molecule has 5 nitrogen and oxygen atoms in total. The molecule has 6 aromatic rings. The van der Waals surface area contributed by atoms with Gasteiger partial charge >= 0.3 is 258 Å². The molecule has 1 aromatic heterocycles. The van der Waals surface area contributed by atoms with Gasteiger partial charge in [-0.05, 0) is 0 Å². The molecule has 0 atom stereocenters. The molecule has 2 heterocycles. The van der Waals surface area contributed by atoms with Gasteiger partial charge in [-0.15, -0.1) is 0 Å². The van der Waals surface area contributed by atoms with Gasteiger partial charge in [-0.3, -0.25) is 0 Å². The number of para-hydroxylation sites is 1. The van der Waals surface area contributed by atoms with Crippen molar-refractivity contribution in [2.45, 2.75) is 0 Å². The molecular weight excluding hydrogens is 565 g/mol. The molecule has 0 N–H and O–H groups in total. The Balaban J connectivity index is 1.37. The first kappa shape index (κ1) is 28.1. The maximum absolute atomic E-state index is 14.2. The van der Waals surface area contributed by atoms with Crippen molar-refractivity contribution in [3.63, 3.8) is 0 Å². The molecule has 6 heteroatoms. The Morgan fingerprint density at radius 3 is 1.73 bits per heavy atom. The SMILES string of the molecule is O=c1c(OC[PH](c2ccccc2)(c2ccccc2)c2ccccc2)c(-c2ccc(N3CCOCC3)cc2)oc2ccccc12. The van der Waals surface area contributed by atoms with Crippen LogP contribution in [-0.2, 0) is 4.74 Å². The summed E-state index contributed by atoms with van der Waals surface area (Å²) >= 11 is 0. The van der Waals surface area contributed by atoms with Crippen molar-refractivity contribution < 1.29 is 13.9 Å². The van der Waals surface area contributed by atoms with Crippen LogP contribution in [0.3, 0.4) is 0 Å². The van der Waals surface area contributed by atoms with Crippen molar-refractivity contribution in [2.75, 3.05) is 37.6 Å². The van der Waals surface area contributed by atoms with Crippen LogP contribution >= 0.6 is 7.26 Å². The second kappa shape index (κ2) is 12.5. The average molecular weight is 600 g/mol. The van der Waals surface area contributed by atoms with Crippen LogP contribution in [0.5, 0.6) is 5.75 Å². The fourth-order valence-electron chi connectivity index (χ4n) is 6.19. The first-order valence-electron chi connectivity index (χ1n) is 15.0. The van der Waals surface area contributed by atoms with Crippen molar-refractivity contribution in [3.05, 3.63) is 150 Å². The number of morpholine rings is 1. The average Bonchev–Trinajstić information content (AvgIpc) is 3.11. The molecule has 220 valence electrons. The van der Waals surface area contributed by atoms with Crippen LogP contribution in [0.25, 0.3) is 22.3 Å². The van der Waals surface area contributed by atoms with E-state index in [0.717, 1.165) is 37.6 Å². The zero-order chi connectivity index (χ0) is 29.8. The van der Waals surface area contributed by atoms with Crippen molar-refractivity contribution >= 4 is 39.8 Å². The third kappa shape index (κ3) is 5.30. The van der Waals surface area contributed by atoms with E-state index in [4.69, 9.17) is 13.9 Å². The molecule has 0 bridgehead atoms. The van der Waals surface area contributed by atoms with Crippen molar-refractivity contribution in [1.82, 2.24) is 0 Å². The van der Waals surface area contributed by atoms with Gasteiger partial charge in [0.25, 0.3) is 0 Å². The predicted octanol–water partition coefficient (Wildman–Crippen LogP) is 6.36. The molecule has 0 saturated carbocycles. The second-order valence-electron chi connectivity index (χ2n) is 11.0. The summed E-state index contributed by atoms with van der Waals surface area (Å²) in [7, 11) is -2.77. The topological polar surface area (TPSA) is 51.9 Å². The molecule has 0 amide bonds. The summed E-state index contributed by atoms with van der Waals surface area (Å²) in [5.74, 6) is 0.682. The summed E-state index contributed by atoms with van der Waals surface area (Å²) in [6.07, 6.45) is 0.326. The molecule has 0 aliphatic carbocycles. The summed E-state index contributed by atoms with van der Waals surface area (Å²) in [5, 5.41) is 4.12. The summed E-state index contributed by atoms with van der Waals surface area (Å²) in [5.41, 5.74) is 2.28. The van der Waals surface area contributed by atoms with Gasteiger partial charge in [-0.1, -0.05) is 0 Å². The number of fused-ring (bicyclic) bond motifs is 1. The minimum atomic E-state index is -2.77. The predicted molar refractivity (Wildman–Crippen MR) is 183 cm³/mol. The van der Waals surface area contributed by atoms with Crippen molar-refractivity contribution in [2.24, 2.45) is 0 Å². The van der Waals surface area contributed by atoms with Gasteiger partial charge in [0.15, 0.2) is 0 Å². The molecule has 1 saturated heterocycles. The fraction of sp³-hybridized carbons (Fsp3) is 0.132. The Bertz CT molecular complexity index is 1810. The third-order valence-corrected chi connectivity index (χ3v) is 13.0. The van der Waals surface area contributed by atoms with Crippen LogP contribution in [0.1, 0.15) is 0 Å². The van der Waals surface area contributed by atoms with Gasteiger partial charge in [0.05, 0.1) is 0 Å². The van der Waals surface area contributed by atoms with Crippen LogP contribution < -0.4 is 31.0 Å². The standard InChI is InChI=1S/C38H34NO4P/c40-36-34-18-10-11-19-35(34)43-37(29-20-22-30(23-21-29)39-24-26-41-27-25-39)38(36)42-28-44(31-12-4-1-5-13-31,32-14-6-2-7-15-32)33-16-8-3-9-17-33/h1-23,44H,24-28H2. The van der Waals surface area contributed by atoms with Gasteiger partial charge in [0.2, 0.25) is 0 Å². The normalized spacial score (nSPS) is 14.0. The summed E-state index contributed by atoms with van der Waals surface area (Å²) in [4.78, 5) is 16.5. The number of rotatable bonds is 8. The Labute approximate surface area is 257 Å².